The first-order chi connectivity index (χ1) is 8.27. The molecule has 0 bridgehead atoms. The minimum absolute atomic E-state index is 0.250. The second kappa shape index (κ2) is 4.85. The molecule has 0 heterocycles. The van der Waals surface area contributed by atoms with Crippen molar-refractivity contribution in [1.82, 2.24) is 0 Å². The predicted octanol–water partition coefficient (Wildman–Crippen LogP) is 3.53. The molecule has 0 spiro atoms. The van der Waals surface area contributed by atoms with Gasteiger partial charge in [-0.2, -0.15) is 4.99 Å². The van der Waals surface area contributed by atoms with Gasteiger partial charge in [-0.15, -0.1) is 0 Å². The molecule has 1 aliphatic carbocycles. The van der Waals surface area contributed by atoms with Gasteiger partial charge in [-0.1, -0.05) is 32.0 Å². The third kappa shape index (κ3) is 1.94. The minimum atomic E-state index is -0.250. The third-order valence-corrected chi connectivity index (χ3v) is 3.90. The van der Waals surface area contributed by atoms with Crippen LogP contribution in [0.25, 0.3) is 0 Å². The fraction of sp³-hybridized carbons (Fsp3) is 0.533. The van der Waals surface area contributed by atoms with E-state index in [1.165, 1.54) is 16.7 Å². The molecule has 1 aromatic rings. The second-order valence-corrected chi connectivity index (χ2v) is 4.75. The van der Waals surface area contributed by atoms with Crippen molar-refractivity contribution in [2.45, 2.75) is 51.5 Å². The predicted molar refractivity (Wildman–Crippen MR) is 68.8 cm³/mol. The summed E-state index contributed by atoms with van der Waals surface area (Å²) in [5, 5.41) is 0. The Balaban J connectivity index is 2.59. The highest BCUT2D eigenvalue weighted by molar-refractivity contribution is 5.46. The highest BCUT2D eigenvalue weighted by atomic mass is 16.1. The van der Waals surface area contributed by atoms with Gasteiger partial charge in [-0.05, 0) is 48.8 Å². The second-order valence-electron chi connectivity index (χ2n) is 4.75. The molecule has 2 nitrogen and oxygen atoms in total. The molecule has 1 aliphatic rings. The summed E-state index contributed by atoms with van der Waals surface area (Å²) >= 11 is 0. The van der Waals surface area contributed by atoms with Crippen molar-refractivity contribution in [3.8, 4) is 0 Å². The Kier molecular flexibility index (Phi) is 3.44. The molecule has 1 aromatic carbocycles. The van der Waals surface area contributed by atoms with Crippen LogP contribution in [-0.4, -0.2) is 6.08 Å². The van der Waals surface area contributed by atoms with Gasteiger partial charge in [0.05, 0.1) is 5.54 Å². The van der Waals surface area contributed by atoms with E-state index < -0.39 is 0 Å². The summed E-state index contributed by atoms with van der Waals surface area (Å²) in [7, 11) is 0. The van der Waals surface area contributed by atoms with Crippen molar-refractivity contribution in [2.24, 2.45) is 4.99 Å². The largest absolute Gasteiger partial charge is 0.235 e. The Morgan fingerprint density at radius 2 is 1.82 bits per heavy atom. The maximum absolute atomic E-state index is 10.7. The number of rotatable bonds is 4. The molecule has 0 saturated heterocycles. The van der Waals surface area contributed by atoms with Gasteiger partial charge in [0.25, 0.3) is 0 Å². The van der Waals surface area contributed by atoms with Crippen LogP contribution < -0.4 is 0 Å². The average molecular weight is 229 g/mol. The van der Waals surface area contributed by atoms with Crippen LogP contribution in [0.3, 0.4) is 0 Å². The van der Waals surface area contributed by atoms with Crippen molar-refractivity contribution in [2.75, 3.05) is 0 Å². The molecule has 0 aliphatic heterocycles. The molecule has 0 radical (unpaired) electrons. The van der Waals surface area contributed by atoms with Gasteiger partial charge < -0.3 is 0 Å². The Morgan fingerprint density at radius 3 is 2.18 bits per heavy atom. The zero-order chi connectivity index (χ0) is 12.3. The van der Waals surface area contributed by atoms with E-state index >= 15 is 0 Å². The van der Waals surface area contributed by atoms with Crippen LogP contribution in [0.1, 0.15) is 49.8 Å². The van der Waals surface area contributed by atoms with Crippen LogP contribution in [0.15, 0.2) is 23.2 Å². The summed E-state index contributed by atoms with van der Waals surface area (Å²) in [5.41, 5.74) is 3.73. The van der Waals surface area contributed by atoms with Crippen LogP contribution >= 0.6 is 0 Å². The van der Waals surface area contributed by atoms with E-state index in [-0.39, 0.29) is 5.54 Å². The summed E-state index contributed by atoms with van der Waals surface area (Å²) < 4.78 is 0. The fourth-order valence-electron chi connectivity index (χ4n) is 2.86. The molecule has 0 amide bonds. The van der Waals surface area contributed by atoms with Crippen molar-refractivity contribution in [3.05, 3.63) is 34.9 Å². The fourth-order valence-corrected chi connectivity index (χ4v) is 2.86. The van der Waals surface area contributed by atoms with E-state index in [1.54, 1.807) is 6.08 Å². The standard InChI is InChI=1S/C15H19NO/c1-3-12-7-5-8-13(4-2)14(12)15(16-11-17)9-6-10-15/h5,7-8H,3-4,6,9-10H2,1-2H3. The first-order valence-electron chi connectivity index (χ1n) is 6.47. The lowest BCUT2D eigenvalue weighted by atomic mass is 9.69. The Labute approximate surface area is 103 Å². The summed E-state index contributed by atoms with van der Waals surface area (Å²) in [6.45, 7) is 4.32. The van der Waals surface area contributed by atoms with Gasteiger partial charge in [0, 0.05) is 0 Å². The number of benzene rings is 1. The SMILES string of the molecule is CCc1cccc(CC)c1C1(N=C=O)CCC1. The number of isocyanates is 1. The molecule has 90 valence electrons. The van der Waals surface area contributed by atoms with Crippen molar-refractivity contribution >= 4 is 6.08 Å². The summed E-state index contributed by atoms with van der Waals surface area (Å²) in [6, 6.07) is 6.43. The Hall–Kier alpha value is -1.40. The normalized spacial score (nSPS) is 17.1. The Bertz CT molecular complexity index is 432. The quantitative estimate of drug-likeness (QED) is 0.573. The number of hydrogen-bond acceptors (Lipinski definition) is 2. The third-order valence-electron chi connectivity index (χ3n) is 3.90. The van der Waals surface area contributed by atoms with Crippen molar-refractivity contribution < 1.29 is 4.79 Å². The van der Waals surface area contributed by atoms with E-state index in [9.17, 15) is 4.79 Å². The monoisotopic (exact) mass is 229 g/mol. The van der Waals surface area contributed by atoms with Gasteiger partial charge in [0.2, 0.25) is 6.08 Å². The van der Waals surface area contributed by atoms with Crippen LogP contribution in [0.4, 0.5) is 0 Å². The lowest BCUT2D eigenvalue weighted by Crippen LogP contribution is -2.34. The van der Waals surface area contributed by atoms with Gasteiger partial charge in [0.15, 0.2) is 0 Å². The average Bonchev–Trinajstić information content (AvgIpc) is 2.33. The van der Waals surface area contributed by atoms with Gasteiger partial charge in [-0.25, -0.2) is 4.79 Å². The molecular weight excluding hydrogens is 210 g/mol. The molecule has 2 rings (SSSR count). The molecule has 0 N–H and O–H groups in total. The van der Waals surface area contributed by atoms with Gasteiger partial charge >= 0.3 is 0 Å². The lowest BCUT2D eigenvalue weighted by molar-refractivity contribution is 0.252. The summed E-state index contributed by atoms with van der Waals surface area (Å²) in [5.74, 6) is 0. The van der Waals surface area contributed by atoms with Crippen LogP contribution in [0.5, 0.6) is 0 Å². The van der Waals surface area contributed by atoms with E-state index in [2.05, 4.69) is 37.0 Å². The minimum Gasteiger partial charge on any atom is -0.211 e. The van der Waals surface area contributed by atoms with Crippen LogP contribution in [-0.2, 0) is 23.2 Å². The highest BCUT2D eigenvalue weighted by Crippen LogP contribution is 2.47. The van der Waals surface area contributed by atoms with E-state index in [4.69, 9.17) is 0 Å². The number of carbonyl (C=O) groups excluding carboxylic acids is 1. The molecule has 0 aromatic heterocycles. The maximum Gasteiger partial charge on any atom is 0.235 e. The van der Waals surface area contributed by atoms with Gasteiger partial charge in [0.1, 0.15) is 0 Å². The number of hydrogen-bond donors (Lipinski definition) is 0. The molecule has 2 heteroatoms. The zero-order valence-corrected chi connectivity index (χ0v) is 10.6. The van der Waals surface area contributed by atoms with Gasteiger partial charge in [-0.3, -0.25) is 0 Å². The topological polar surface area (TPSA) is 29.4 Å². The number of aryl methyl sites for hydroxylation is 2. The molecule has 0 unspecified atom stereocenters. The first kappa shape index (κ1) is 12.1. The van der Waals surface area contributed by atoms with E-state index in [0.29, 0.717) is 0 Å². The molecular formula is C15H19NO. The smallest absolute Gasteiger partial charge is 0.211 e. The maximum atomic E-state index is 10.7. The van der Waals surface area contributed by atoms with E-state index in [1.807, 2.05) is 0 Å². The lowest BCUT2D eigenvalue weighted by Gasteiger charge is -2.39. The summed E-state index contributed by atoms with van der Waals surface area (Å²) in [4.78, 5) is 14.8. The zero-order valence-electron chi connectivity index (χ0n) is 10.6. The number of aliphatic imine (C=N–C) groups is 1. The highest BCUT2D eigenvalue weighted by Gasteiger charge is 2.41. The molecule has 0 atom stereocenters. The van der Waals surface area contributed by atoms with Crippen molar-refractivity contribution in [1.29, 1.82) is 0 Å². The molecule has 17 heavy (non-hydrogen) atoms. The Morgan fingerprint density at radius 1 is 1.24 bits per heavy atom. The first-order valence-corrected chi connectivity index (χ1v) is 6.47. The van der Waals surface area contributed by atoms with Crippen LogP contribution in [0, 0.1) is 0 Å². The van der Waals surface area contributed by atoms with Crippen LogP contribution in [0.2, 0.25) is 0 Å². The van der Waals surface area contributed by atoms with Crippen molar-refractivity contribution in [3.63, 3.8) is 0 Å². The summed E-state index contributed by atoms with van der Waals surface area (Å²) in [6.07, 6.45) is 6.93. The van der Waals surface area contributed by atoms with E-state index in [0.717, 1.165) is 32.1 Å². The molecule has 1 fully saturated rings. The number of nitrogens with zero attached hydrogens (tertiary/aromatic N) is 1. The molecule has 1 saturated carbocycles.